The van der Waals surface area contributed by atoms with Gasteiger partial charge in [0.05, 0.1) is 5.41 Å². The van der Waals surface area contributed by atoms with E-state index >= 15 is 0 Å². The minimum absolute atomic E-state index is 0.00268. The van der Waals surface area contributed by atoms with Gasteiger partial charge >= 0.3 is 5.97 Å². The molecule has 0 saturated carbocycles. The molecule has 2 aromatic carbocycles. The van der Waals surface area contributed by atoms with Crippen molar-refractivity contribution in [1.29, 1.82) is 0 Å². The quantitative estimate of drug-likeness (QED) is 0.547. The van der Waals surface area contributed by atoms with Crippen molar-refractivity contribution < 1.29 is 14.7 Å². The first kappa shape index (κ1) is 22.2. The molecule has 0 aliphatic carbocycles. The number of carboxylic acid groups (broad SMARTS) is 1. The molecule has 1 aliphatic heterocycles. The Morgan fingerprint density at radius 1 is 0.969 bits per heavy atom. The van der Waals surface area contributed by atoms with E-state index in [1.165, 1.54) is 0 Å². The van der Waals surface area contributed by atoms with Gasteiger partial charge in [0.1, 0.15) is 0 Å². The Bertz CT molecular complexity index is 1040. The average Bonchev–Trinajstić information content (AvgIpc) is 3.36. The molecular formula is C26H28N2O3S. The second-order valence-corrected chi connectivity index (χ2v) is 9.51. The van der Waals surface area contributed by atoms with E-state index in [0.717, 1.165) is 21.6 Å². The third kappa shape index (κ3) is 4.92. The van der Waals surface area contributed by atoms with Crippen molar-refractivity contribution in [3.05, 3.63) is 82.6 Å². The lowest BCUT2D eigenvalue weighted by atomic mass is 9.73. The number of likely N-dealkylation sites (tertiary alicyclic amines) is 1. The summed E-state index contributed by atoms with van der Waals surface area (Å²) in [7, 11) is 0. The summed E-state index contributed by atoms with van der Waals surface area (Å²) in [5.41, 5.74) is 8.58. The molecule has 32 heavy (non-hydrogen) atoms. The molecule has 3 N–H and O–H groups in total. The van der Waals surface area contributed by atoms with E-state index in [4.69, 9.17) is 5.73 Å². The summed E-state index contributed by atoms with van der Waals surface area (Å²) in [6.45, 7) is 0.898. The van der Waals surface area contributed by atoms with Gasteiger partial charge in [-0.1, -0.05) is 60.7 Å². The lowest BCUT2D eigenvalue weighted by molar-refractivity contribution is -0.154. The van der Waals surface area contributed by atoms with Crippen molar-refractivity contribution in [2.45, 2.75) is 31.7 Å². The molecule has 1 amide bonds. The largest absolute Gasteiger partial charge is 0.481 e. The first-order valence-electron chi connectivity index (χ1n) is 10.9. The van der Waals surface area contributed by atoms with Crippen molar-refractivity contribution >= 4 is 23.2 Å². The minimum atomic E-state index is -0.846. The monoisotopic (exact) mass is 448 g/mol. The van der Waals surface area contributed by atoms with Gasteiger partial charge in [-0.05, 0) is 47.4 Å². The predicted octanol–water partition coefficient (Wildman–Crippen LogP) is 4.74. The topological polar surface area (TPSA) is 83.6 Å². The Kier molecular flexibility index (Phi) is 6.72. The Hall–Kier alpha value is -2.96. The normalized spacial score (nSPS) is 16.5. The van der Waals surface area contributed by atoms with Crippen LogP contribution in [0.15, 0.2) is 72.1 Å². The number of nitrogens with zero attached hydrogens (tertiary/aromatic N) is 1. The highest BCUT2D eigenvalue weighted by atomic mass is 32.1. The summed E-state index contributed by atoms with van der Waals surface area (Å²) in [5, 5.41) is 12.0. The van der Waals surface area contributed by atoms with Gasteiger partial charge in [-0.2, -0.15) is 0 Å². The first-order chi connectivity index (χ1) is 15.5. The van der Waals surface area contributed by atoms with Gasteiger partial charge in [0.15, 0.2) is 0 Å². The van der Waals surface area contributed by atoms with Crippen LogP contribution in [0.1, 0.15) is 35.7 Å². The summed E-state index contributed by atoms with van der Waals surface area (Å²) in [5.74, 6) is -0.788. The van der Waals surface area contributed by atoms with Crippen LogP contribution in [-0.4, -0.2) is 35.0 Å². The van der Waals surface area contributed by atoms with Crippen LogP contribution in [0.4, 0.5) is 0 Å². The molecule has 4 rings (SSSR count). The standard InChI is InChI=1S/C26H28N2O3S/c27-22(23-7-4-16-32-23)17-24(29)28-14-12-26(13-15-28,25(30)31)18-19-8-10-21(11-9-19)20-5-2-1-3-6-20/h1-11,16,22H,12-15,17-18,27H2,(H,30,31)/t22-/m0/s1. The number of piperidine rings is 1. The van der Waals surface area contributed by atoms with Gasteiger partial charge in [-0.15, -0.1) is 11.3 Å². The number of carboxylic acids is 1. The molecule has 6 heteroatoms. The maximum absolute atomic E-state index is 12.7. The molecule has 0 bridgehead atoms. The second-order valence-electron chi connectivity index (χ2n) is 8.53. The molecule has 1 aromatic heterocycles. The van der Waals surface area contributed by atoms with E-state index in [9.17, 15) is 14.7 Å². The maximum Gasteiger partial charge on any atom is 0.310 e. The van der Waals surface area contributed by atoms with Crippen molar-refractivity contribution in [2.24, 2.45) is 11.1 Å². The highest BCUT2D eigenvalue weighted by molar-refractivity contribution is 7.10. The fourth-order valence-corrected chi connectivity index (χ4v) is 5.14. The molecule has 0 radical (unpaired) electrons. The van der Waals surface area contributed by atoms with Crippen LogP contribution < -0.4 is 5.73 Å². The number of aliphatic carboxylic acids is 1. The maximum atomic E-state index is 12.7. The van der Waals surface area contributed by atoms with E-state index in [2.05, 4.69) is 12.1 Å². The lowest BCUT2D eigenvalue weighted by Gasteiger charge is -2.39. The molecule has 1 fully saturated rings. The van der Waals surface area contributed by atoms with Crippen molar-refractivity contribution in [3.8, 4) is 11.1 Å². The number of thiophene rings is 1. The molecule has 1 atom stereocenters. The third-order valence-electron chi connectivity index (χ3n) is 6.43. The highest BCUT2D eigenvalue weighted by Gasteiger charge is 2.42. The number of amides is 1. The van der Waals surface area contributed by atoms with Gasteiger partial charge in [0, 0.05) is 30.4 Å². The van der Waals surface area contributed by atoms with E-state index in [1.54, 1.807) is 16.2 Å². The van der Waals surface area contributed by atoms with Gasteiger partial charge < -0.3 is 15.7 Å². The summed E-state index contributed by atoms with van der Waals surface area (Å²) in [6, 6.07) is 21.8. The van der Waals surface area contributed by atoms with Crippen LogP contribution >= 0.6 is 11.3 Å². The van der Waals surface area contributed by atoms with E-state index in [1.807, 2.05) is 60.0 Å². The van der Waals surface area contributed by atoms with Crippen LogP contribution in [-0.2, 0) is 16.0 Å². The number of carbonyl (C=O) groups is 2. The third-order valence-corrected chi connectivity index (χ3v) is 7.44. The number of benzene rings is 2. The van der Waals surface area contributed by atoms with Crippen LogP contribution in [0.25, 0.3) is 11.1 Å². The number of hydrogen-bond donors (Lipinski definition) is 2. The molecule has 0 unspecified atom stereocenters. The zero-order valence-corrected chi connectivity index (χ0v) is 18.8. The zero-order valence-electron chi connectivity index (χ0n) is 17.9. The highest BCUT2D eigenvalue weighted by Crippen LogP contribution is 2.36. The smallest absolute Gasteiger partial charge is 0.310 e. The van der Waals surface area contributed by atoms with Crippen LogP contribution in [0.5, 0.6) is 0 Å². The number of nitrogens with two attached hydrogens (primary N) is 1. The molecular weight excluding hydrogens is 420 g/mol. The van der Waals surface area contributed by atoms with Crippen molar-refractivity contribution in [1.82, 2.24) is 4.90 Å². The number of carbonyl (C=O) groups excluding carboxylic acids is 1. The van der Waals surface area contributed by atoms with Crippen LogP contribution in [0, 0.1) is 5.41 Å². The molecule has 2 heterocycles. The predicted molar refractivity (Wildman–Crippen MR) is 127 cm³/mol. The molecule has 0 spiro atoms. The van der Waals surface area contributed by atoms with Gasteiger partial charge in [-0.25, -0.2) is 0 Å². The number of hydrogen-bond acceptors (Lipinski definition) is 4. The molecule has 5 nitrogen and oxygen atoms in total. The van der Waals surface area contributed by atoms with E-state index < -0.39 is 11.4 Å². The summed E-state index contributed by atoms with van der Waals surface area (Å²) < 4.78 is 0. The van der Waals surface area contributed by atoms with Gasteiger partial charge in [0.25, 0.3) is 0 Å². The van der Waals surface area contributed by atoms with E-state index in [-0.39, 0.29) is 18.4 Å². The Morgan fingerprint density at radius 2 is 1.62 bits per heavy atom. The first-order valence-corrected chi connectivity index (χ1v) is 11.8. The fourth-order valence-electron chi connectivity index (χ4n) is 4.41. The van der Waals surface area contributed by atoms with Crippen LogP contribution in [0.2, 0.25) is 0 Å². The van der Waals surface area contributed by atoms with Gasteiger partial charge in [0.2, 0.25) is 5.91 Å². The fraction of sp³-hybridized carbons (Fsp3) is 0.308. The number of rotatable bonds is 7. The minimum Gasteiger partial charge on any atom is -0.481 e. The molecule has 1 aliphatic rings. The van der Waals surface area contributed by atoms with Gasteiger partial charge in [-0.3, -0.25) is 9.59 Å². The average molecular weight is 449 g/mol. The van der Waals surface area contributed by atoms with Crippen LogP contribution in [0.3, 0.4) is 0 Å². The SMILES string of the molecule is N[C@@H](CC(=O)N1CCC(Cc2ccc(-c3ccccc3)cc2)(C(=O)O)CC1)c1cccs1. The molecule has 1 saturated heterocycles. The van der Waals surface area contributed by atoms with Crippen molar-refractivity contribution in [3.63, 3.8) is 0 Å². The Labute approximate surface area is 192 Å². The Morgan fingerprint density at radius 3 is 2.22 bits per heavy atom. The summed E-state index contributed by atoms with van der Waals surface area (Å²) in [4.78, 5) is 27.7. The second kappa shape index (κ2) is 9.67. The summed E-state index contributed by atoms with van der Waals surface area (Å²) in [6.07, 6.45) is 1.61. The molecule has 166 valence electrons. The summed E-state index contributed by atoms with van der Waals surface area (Å²) >= 11 is 1.55. The zero-order chi connectivity index (χ0) is 22.6. The lowest BCUT2D eigenvalue weighted by Crippen LogP contribution is -2.48. The van der Waals surface area contributed by atoms with E-state index in [0.29, 0.717) is 32.4 Å². The van der Waals surface area contributed by atoms with Crippen molar-refractivity contribution in [2.75, 3.05) is 13.1 Å². The molecule has 3 aromatic rings. The Balaban J connectivity index is 1.39.